The van der Waals surface area contributed by atoms with Gasteiger partial charge in [-0.05, 0) is 55.8 Å². The number of hydrogen-bond acceptors (Lipinski definition) is 3. The van der Waals surface area contributed by atoms with E-state index >= 15 is 0 Å². The van der Waals surface area contributed by atoms with Crippen molar-refractivity contribution in [3.63, 3.8) is 0 Å². The topological polar surface area (TPSA) is 59.6 Å². The second-order valence-electron chi connectivity index (χ2n) is 5.10. The lowest BCUT2D eigenvalue weighted by molar-refractivity contribution is 0.247. The SMILES string of the molecule is CCOc1ccc(OCCNC(=O)Nc2ccc(C)c(Br)c2)cc1. The summed E-state index contributed by atoms with van der Waals surface area (Å²) < 4.78 is 11.9. The molecule has 0 saturated heterocycles. The highest BCUT2D eigenvalue weighted by Crippen LogP contribution is 2.20. The minimum atomic E-state index is -0.263. The molecule has 0 saturated carbocycles. The number of amides is 2. The van der Waals surface area contributed by atoms with Crippen LogP contribution >= 0.6 is 15.9 Å². The molecule has 2 aromatic rings. The molecular formula is C18H21BrN2O3. The summed E-state index contributed by atoms with van der Waals surface area (Å²) in [6.45, 7) is 5.37. The summed E-state index contributed by atoms with van der Waals surface area (Å²) in [6.07, 6.45) is 0. The predicted molar refractivity (Wildman–Crippen MR) is 99.0 cm³/mol. The molecule has 0 unspecified atom stereocenters. The number of aryl methyl sites for hydroxylation is 1. The summed E-state index contributed by atoms with van der Waals surface area (Å²) in [5.74, 6) is 1.55. The van der Waals surface area contributed by atoms with Crippen LogP contribution in [0.4, 0.5) is 10.5 Å². The first kappa shape index (κ1) is 18.1. The number of ether oxygens (including phenoxy) is 2. The molecule has 0 heterocycles. The first-order chi connectivity index (χ1) is 11.6. The van der Waals surface area contributed by atoms with E-state index in [2.05, 4.69) is 26.6 Å². The molecule has 128 valence electrons. The average Bonchev–Trinajstić information content (AvgIpc) is 2.57. The van der Waals surface area contributed by atoms with Crippen LogP contribution in [0.3, 0.4) is 0 Å². The molecule has 0 spiro atoms. The Morgan fingerprint density at radius 3 is 2.38 bits per heavy atom. The van der Waals surface area contributed by atoms with E-state index in [-0.39, 0.29) is 6.03 Å². The second kappa shape index (κ2) is 9.17. The van der Waals surface area contributed by atoms with Gasteiger partial charge in [-0.2, -0.15) is 0 Å². The maximum Gasteiger partial charge on any atom is 0.319 e. The van der Waals surface area contributed by atoms with Crippen LogP contribution in [0.25, 0.3) is 0 Å². The number of nitrogens with one attached hydrogen (secondary N) is 2. The van der Waals surface area contributed by atoms with Gasteiger partial charge in [0.15, 0.2) is 0 Å². The van der Waals surface area contributed by atoms with Crippen molar-refractivity contribution in [1.29, 1.82) is 0 Å². The van der Waals surface area contributed by atoms with E-state index in [1.165, 1.54) is 0 Å². The second-order valence-corrected chi connectivity index (χ2v) is 5.95. The van der Waals surface area contributed by atoms with Crippen molar-refractivity contribution in [2.75, 3.05) is 25.1 Å². The van der Waals surface area contributed by atoms with Gasteiger partial charge in [-0.25, -0.2) is 4.79 Å². The Morgan fingerprint density at radius 2 is 1.75 bits per heavy atom. The number of hydrogen-bond donors (Lipinski definition) is 2. The van der Waals surface area contributed by atoms with Crippen molar-refractivity contribution in [2.45, 2.75) is 13.8 Å². The summed E-state index contributed by atoms with van der Waals surface area (Å²) in [5.41, 5.74) is 1.85. The molecule has 0 aliphatic heterocycles. The van der Waals surface area contributed by atoms with E-state index in [1.807, 2.05) is 56.3 Å². The Kier molecular flexibility index (Phi) is 6.93. The maximum absolute atomic E-state index is 11.8. The fourth-order valence-corrected chi connectivity index (χ4v) is 2.36. The van der Waals surface area contributed by atoms with Crippen molar-refractivity contribution in [2.24, 2.45) is 0 Å². The highest BCUT2D eigenvalue weighted by molar-refractivity contribution is 9.10. The third-order valence-corrected chi connectivity index (χ3v) is 4.08. The molecule has 0 aromatic heterocycles. The smallest absolute Gasteiger partial charge is 0.319 e. The fraction of sp³-hybridized carbons (Fsp3) is 0.278. The molecule has 2 amide bonds. The zero-order chi connectivity index (χ0) is 17.4. The van der Waals surface area contributed by atoms with Gasteiger partial charge in [-0.15, -0.1) is 0 Å². The van der Waals surface area contributed by atoms with Crippen LogP contribution in [0.5, 0.6) is 11.5 Å². The maximum atomic E-state index is 11.8. The largest absolute Gasteiger partial charge is 0.494 e. The molecule has 2 N–H and O–H groups in total. The lowest BCUT2D eigenvalue weighted by atomic mass is 10.2. The Morgan fingerprint density at radius 1 is 1.08 bits per heavy atom. The molecule has 0 aliphatic rings. The van der Waals surface area contributed by atoms with E-state index in [0.717, 1.165) is 27.2 Å². The number of carbonyl (C=O) groups is 1. The highest BCUT2D eigenvalue weighted by Gasteiger charge is 2.03. The predicted octanol–water partition coefficient (Wildman–Crippen LogP) is 4.36. The Hall–Kier alpha value is -2.21. The minimum absolute atomic E-state index is 0.263. The summed E-state index contributed by atoms with van der Waals surface area (Å²) >= 11 is 3.44. The Labute approximate surface area is 150 Å². The number of benzene rings is 2. The van der Waals surface area contributed by atoms with Gasteiger partial charge in [0, 0.05) is 10.2 Å². The zero-order valence-corrected chi connectivity index (χ0v) is 15.4. The fourth-order valence-electron chi connectivity index (χ4n) is 1.98. The third-order valence-electron chi connectivity index (χ3n) is 3.22. The van der Waals surface area contributed by atoms with Gasteiger partial charge < -0.3 is 20.1 Å². The van der Waals surface area contributed by atoms with E-state index in [0.29, 0.717) is 19.8 Å². The molecule has 24 heavy (non-hydrogen) atoms. The van der Waals surface area contributed by atoms with Crippen molar-refractivity contribution >= 4 is 27.6 Å². The number of halogens is 1. The first-order valence-corrected chi connectivity index (χ1v) is 8.54. The number of urea groups is 1. The van der Waals surface area contributed by atoms with Crippen molar-refractivity contribution < 1.29 is 14.3 Å². The highest BCUT2D eigenvalue weighted by atomic mass is 79.9. The normalized spacial score (nSPS) is 10.1. The Bertz CT molecular complexity index is 674. The molecule has 0 fully saturated rings. The van der Waals surface area contributed by atoms with Crippen molar-refractivity contribution in [1.82, 2.24) is 5.32 Å². The number of rotatable bonds is 7. The van der Waals surface area contributed by atoms with Gasteiger partial charge in [0.1, 0.15) is 18.1 Å². The van der Waals surface area contributed by atoms with Gasteiger partial charge in [-0.1, -0.05) is 22.0 Å². The molecule has 6 heteroatoms. The van der Waals surface area contributed by atoms with E-state index in [9.17, 15) is 4.79 Å². The minimum Gasteiger partial charge on any atom is -0.494 e. The van der Waals surface area contributed by atoms with E-state index in [4.69, 9.17) is 9.47 Å². The average molecular weight is 393 g/mol. The monoisotopic (exact) mass is 392 g/mol. The quantitative estimate of drug-likeness (QED) is 0.688. The van der Waals surface area contributed by atoms with Gasteiger partial charge in [0.25, 0.3) is 0 Å². The van der Waals surface area contributed by atoms with Crippen LogP contribution in [0, 0.1) is 6.92 Å². The zero-order valence-electron chi connectivity index (χ0n) is 13.8. The summed E-state index contributed by atoms with van der Waals surface area (Å²) in [6, 6.07) is 12.8. The van der Waals surface area contributed by atoms with E-state index in [1.54, 1.807) is 0 Å². The third kappa shape index (κ3) is 5.77. The molecule has 0 radical (unpaired) electrons. The summed E-state index contributed by atoms with van der Waals surface area (Å²) in [7, 11) is 0. The lowest BCUT2D eigenvalue weighted by Gasteiger charge is -2.10. The molecule has 5 nitrogen and oxygen atoms in total. The molecule has 0 aliphatic carbocycles. The van der Waals surface area contributed by atoms with Gasteiger partial charge in [-0.3, -0.25) is 0 Å². The molecule has 0 bridgehead atoms. The first-order valence-electron chi connectivity index (χ1n) is 7.75. The van der Waals surface area contributed by atoms with Crippen LogP contribution in [0.2, 0.25) is 0 Å². The van der Waals surface area contributed by atoms with Crippen LogP contribution in [0.15, 0.2) is 46.9 Å². The molecule has 0 atom stereocenters. The van der Waals surface area contributed by atoms with Gasteiger partial charge in [0.05, 0.1) is 13.2 Å². The van der Waals surface area contributed by atoms with Crippen LogP contribution in [-0.2, 0) is 0 Å². The molecule has 2 rings (SSSR count). The van der Waals surface area contributed by atoms with E-state index < -0.39 is 0 Å². The Balaban J connectivity index is 1.69. The summed E-state index contributed by atoms with van der Waals surface area (Å²) in [4.78, 5) is 11.8. The molecule has 2 aromatic carbocycles. The van der Waals surface area contributed by atoms with Crippen molar-refractivity contribution in [3.05, 3.63) is 52.5 Å². The molecular weight excluding hydrogens is 372 g/mol. The van der Waals surface area contributed by atoms with Crippen LogP contribution in [0.1, 0.15) is 12.5 Å². The van der Waals surface area contributed by atoms with Crippen LogP contribution in [-0.4, -0.2) is 25.8 Å². The standard InChI is InChI=1S/C18H21BrN2O3/c1-3-23-15-6-8-16(9-7-15)24-11-10-20-18(22)21-14-5-4-13(2)17(19)12-14/h4-9,12H,3,10-11H2,1-2H3,(H2,20,21,22). The number of carbonyl (C=O) groups excluding carboxylic acids is 1. The number of anilines is 1. The van der Waals surface area contributed by atoms with Crippen molar-refractivity contribution in [3.8, 4) is 11.5 Å². The van der Waals surface area contributed by atoms with Crippen LogP contribution < -0.4 is 20.1 Å². The lowest BCUT2D eigenvalue weighted by Crippen LogP contribution is -2.32. The van der Waals surface area contributed by atoms with Gasteiger partial charge >= 0.3 is 6.03 Å². The van der Waals surface area contributed by atoms with Gasteiger partial charge in [0.2, 0.25) is 0 Å². The summed E-state index contributed by atoms with van der Waals surface area (Å²) in [5, 5.41) is 5.53.